The van der Waals surface area contributed by atoms with Gasteiger partial charge in [-0.1, -0.05) is 16.8 Å². The van der Waals surface area contributed by atoms with Crippen molar-refractivity contribution in [3.05, 3.63) is 72.4 Å². The van der Waals surface area contributed by atoms with E-state index in [0.29, 0.717) is 0 Å². The van der Waals surface area contributed by atoms with Crippen molar-refractivity contribution >= 4 is 21.9 Å². The first-order valence-electron chi connectivity index (χ1n) is 9.30. The predicted molar refractivity (Wildman–Crippen MR) is 103 cm³/mol. The molecule has 4 N–H and O–H groups in total. The Bertz CT molecular complexity index is 1270. The predicted octanol–water partition coefficient (Wildman–Crippen LogP) is 2.18. The van der Waals surface area contributed by atoms with Crippen LogP contribution in [0.1, 0.15) is 11.3 Å². The molecule has 6 rings (SSSR count). The smallest absolute Gasteiger partial charge is 0.260 e. The second-order valence-electron chi connectivity index (χ2n) is 7.11. The van der Waals surface area contributed by atoms with Crippen molar-refractivity contribution in [3.63, 3.8) is 0 Å². The van der Waals surface area contributed by atoms with Crippen LogP contribution in [0.5, 0.6) is 0 Å². The van der Waals surface area contributed by atoms with Gasteiger partial charge in [0.1, 0.15) is 5.69 Å². The van der Waals surface area contributed by atoms with Gasteiger partial charge in [0, 0.05) is 25.6 Å². The average molecular weight is 356 g/mol. The van der Waals surface area contributed by atoms with Gasteiger partial charge in [0.2, 0.25) is 12.5 Å². The average Bonchev–Trinajstić information content (AvgIpc) is 3.42. The van der Waals surface area contributed by atoms with Gasteiger partial charge in [-0.25, -0.2) is 4.98 Å². The van der Waals surface area contributed by atoms with Gasteiger partial charge in [-0.3, -0.25) is 0 Å². The number of H-pyrrole nitrogens is 3. The molecule has 4 heterocycles. The topological polar surface area (TPSA) is 67.2 Å². The first-order chi connectivity index (χ1) is 13.4. The van der Waals surface area contributed by atoms with E-state index in [2.05, 4.69) is 78.4 Å². The molecule has 27 heavy (non-hydrogen) atoms. The van der Waals surface area contributed by atoms with Crippen LogP contribution in [0, 0.1) is 0 Å². The Morgan fingerprint density at radius 3 is 2.89 bits per heavy atom. The molecule has 1 aliphatic heterocycles. The highest BCUT2D eigenvalue weighted by atomic mass is 15.3. The minimum Gasteiger partial charge on any atom is -0.355 e. The van der Waals surface area contributed by atoms with Crippen LogP contribution >= 0.6 is 0 Å². The van der Waals surface area contributed by atoms with Crippen LogP contribution in [0.4, 0.5) is 0 Å². The van der Waals surface area contributed by atoms with Crippen LogP contribution in [0.3, 0.4) is 0 Å². The van der Waals surface area contributed by atoms with Gasteiger partial charge in [-0.05, 0) is 24.3 Å². The largest absolute Gasteiger partial charge is 0.355 e. The molecule has 0 saturated carbocycles. The normalized spacial score (nSPS) is 14.1. The molecule has 0 spiro atoms. The molecule has 0 amide bonds. The van der Waals surface area contributed by atoms with Crippen molar-refractivity contribution in [2.45, 2.75) is 13.0 Å². The Labute approximate surface area is 155 Å². The molecule has 0 unspecified atom stereocenters. The molecular formula is C21H20N6+2. The van der Waals surface area contributed by atoms with E-state index in [1.54, 1.807) is 0 Å². The minimum absolute atomic E-state index is 0.933. The number of aromatic nitrogens is 5. The van der Waals surface area contributed by atoms with E-state index in [1.807, 2.05) is 12.4 Å². The second-order valence-corrected chi connectivity index (χ2v) is 7.11. The number of para-hydroxylation sites is 2. The summed E-state index contributed by atoms with van der Waals surface area (Å²) in [5, 5.41) is 8.17. The first-order valence-corrected chi connectivity index (χ1v) is 9.30. The van der Waals surface area contributed by atoms with Crippen LogP contribution in [-0.4, -0.2) is 21.6 Å². The SMILES string of the molecule is c1ccc2c(c1)[nH]c[n+]2-c1ccc2c(-[n+]3cc4c([nH]3)CCNC4)c[nH]c2c1. The minimum atomic E-state index is 0.933. The highest BCUT2D eigenvalue weighted by Crippen LogP contribution is 2.21. The van der Waals surface area contributed by atoms with Crippen molar-refractivity contribution in [1.29, 1.82) is 0 Å². The maximum Gasteiger partial charge on any atom is 0.260 e. The Morgan fingerprint density at radius 2 is 1.93 bits per heavy atom. The number of imidazole rings is 1. The summed E-state index contributed by atoms with van der Waals surface area (Å²) < 4.78 is 4.32. The molecule has 1 aliphatic rings. The lowest BCUT2D eigenvalue weighted by Crippen LogP contribution is -2.31. The molecule has 0 aliphatic carbocycles. The van der Waals surface area contributed by atoms with Gasteiger partial charge in [0.05, 0.1) is 28.4 Å². The molecule has 3 aromatic heterocycles. The molecule has 5 aromatic rings. The molecule has 132 valence electrons. The van der Waals surface area contributed by atoms with Crippen molar-refractivity contribution in [3.8, 4) is 11.4 Å². The van der Waals surface area contributed by atoms with Gasteiger partial charge >= 0.3 is 0 Å². The summed E-state index contributed by atoms with van der Waals surface area (Å²) in [5.41, 5.74) is 8.38. The number of hydrogen-bond donors (Lipinski definition) is 4. The number of hydrogen-bond acceptors (Lipinski definition) is 1. The number of nitrogens with zero attached hydrogens (tertiary/aromatic N) is 2. The van der Waals surface area contributed by atoms with Gasteiger partial charge in [-0.15, -0.1) is 0 Å². The highest BCUT2D eigenvalue weighted by molar-refractivity contribution is 5.87. The van der Waals surface area contributed by atoms with Crippen molar-refractivity contribution in [1.82, 2.24) is 20.4 Å². The molecule has 0 fully saturated rings. The van der Waals surface area contributed by atoms with E-state index in [0.717, 1.165) is 41.9 Å². The number of aromatic amines is 3. The van der Waals surface area contributed by atoms with Crippen LogP contribution in [-0.2, 0) is 13.0 Å². The van der Waals surface area contributed by atoms with Gasteiger partial charge in [0.15, 0.2) is 11.0 Å². The Balaban J connectivity index is 1.46. The van der Waals surface area contributed by atoms with E-state index >= 15 is 0 Å². The Hall–Kier alpha value is -3.38. The standard InChI is InChI=1S/C21H18N6/c1-2-4-20-18(3-1)24-13-26(20)15-5-6-16-19(9-15)23-11-21(16)27-12-14-10-22-8-7-17(14)25-27/h1-6,9,11-13,22-23H,7-8,10H2/p+2. The number of fused-ring (bicyclic) bond motifs is 3. The van der Waals surface area contributed by atoms with Crippen LogP contribution in [0.15, 0.2) is 61.2 Å². The fourth-order valence-electron chi connectivity index (χ4n) is 4.09. The third kappa shape index (κ3) is 2.23. The Kier molecular flexibility index (Phi) is 3.04. The zero-order valence-electron chi connectivity index (χ0n) is 14.8. The summed E-state index contributed by atoms with van der Waals surface area (Å²) in [5.74, 6) is 0. The summed E-state index contributed by atoms with van der Waals surface area (Å²) in [4.78, 5) is 6.77. The zero-order valence-corrected chi connectivity index (χ0v) is 14.8. The van der Waals surface area contributed by atoms with E-state index in [-0.39, 0.29) is 0 Å². The maximum absolute atomic E-state index is 3.54. The quantitative estimate of drug-likeness (QED) is 0.360. The lowest BCUT2D eigenvalue weighted by atomic mass is 10.1. The summed E-state index contributed by atoms with van der Waals surface area (Å²) in [7, 11) is 0. The lowest BCUT2D eigenvalue weighted by molar-refractivity contribution is -0.654. The molecule has 0 radical (unpaired) electrons. The van der Waals surface area contributed by atoms with Gasteiger partial charge in [0.25, 0.3) is 5.69 Å². The summed E-state index contributed by atoms with van der Waals surface area (Å²) >= 11 is 0. The monoisotopic (exact) mass is 356 g/mol. The van der Waals surface area contributed by atoms with Crippen molar-refractivity contribution in [2.24, 2.45) is 0 Å². The summed E-state index contributed by atoms with van der Waals surface area (Å²) in [6, 6.07) is 14.9. The third-order valence-corrected chi connectivity index (χ3v) is 5.49. The molecule has 2 aromatic carbocycles. The van der Waals surface area contributed by atoms with Crippen molar-refractivity contribution in [2.75, 3.05) is 6.54 Å². The molecule has 6 heteroatoms. The third-order valence-electron chi connectivity index (χ3n) is 5.49. The van der Waals surface area contributed by atoms with E-state index in [9.17, 15) is 0 Å². The second kappa shape index (κ2) is 5.56. The van der Waals surface area contributed by atoms with E-state index in [1.165, 1.54) is 22.2 Å². The lowest BCUT2D eigenvalue weighted by Gasteiger charge is -2.07. The molecule has 0 saturated heterocycles. The number of benzene rings is 2. The van der Waals surface area contributed by atoms with E-state index < -0.39 is 0 Å². The zero-order chi connectivity index (χ0) is 17.8. The van der Waals surface area contributed by atoms with E-state index in [4.69, 9.17) is 0 Å². The summed E-state index contributed by atoms with van der Waals surface area (Å²) in [6.07, 6.45) is 7.33. The van der Waals surface area contributed by atoms with Crippen LogP contribution in [0.25, 0.3) is 33.3 Å². The maximum atomic E-state index is 3.54. The van der Waals surface area contributed by atoms with Gasteiger partial charge in [-0.2, -0.15) is 9.67 Å². The molecule has 0 bridgehead atoms. The molecule has 0 atom stereocenters. The highest BCUT2D eigenvalue weighted by Gasteiger charge is 2.22. The van der Waals surface area contributed by atoms with Crippen LogP contribution in [0.2, 0.25) is 0 Å². The van der Waals surface area contributed by atoms with Crippen LogP contribution < -0.4 is 14.6 Å². The Morgan fingerprint density at radius 1 is 0.963 bits per heavy atom. The number of nitrogens with one attached hydrogen (secondary N) is 4. The van der Waals surface area contributed by atoms with Gasteiger partial charge < -0.3 is 10.3 Å². The molecule has 6 nitrogen and oxygen atoms in total. The fourth-order valence-corrected chi connectivity index (χ4v) is 4.09. The summed E-state index contributed by atoms with van der Waals surface area (Å²) in [6.45, 7) is 1.97. The number of rotatable bonds is 2. The van der Waals surface area contributed by atoms with Crippen molar-refractivity contribution < 1.29 is 9.25 Å². The first kappa shape index (κ1) is 14.8. The molecular weight excluding hydrogens is 336 g/mol. The fraction of sp³-hybridized carbons (Fsp3) is 0.143.